The summed E-state index contributed by atoms with van der Waals surface area (Å²) in [6.07, 6.45) is 2.03. The first-order chi connectivity index (χ1) is 9.15. The molecule has 2 rings (SSSR count). The molecule has 6 heteroatoms. The lowest BCUT2D eigenvalue weighted by Crippen LogP contribution is -2.46. The number of aromatic nitrogens is 1. The molecule has 2 heterocycles. The summed E-state index contributed by atoms with van der Waals surface area (Å²) in [5.74, 6) is 0. The smallest absolute Gasteiger partial charge is 0.186 e. The summed E-state index contributed by atoms with van der Waals surface area (Å²) in [5.41, 5.74) is 6.88. The van der Waals surface area contributed by atoms with Gasteiger partial charge in [0.25, 0.3) is 0 Å². The molecular weight excluding hydrogens is 276 g/mol. The lowest BCUT2D eigenvalue weighted by atomic mass is 10.2. The fourth-order valence-corrected chi connectivity index (χ4v) is 3.59. The van der Waals surface area contributed by atoms with E-state index in [-0.39, 0.29) is 0 Å². The van der Waals surface area contributed by atoms with Crippen molar-refractivity contribution in [1.29, 1.82) is 0 Å². The number of piperazine rings is 1. The van der Waals surface area contributed by atoms with Gasteiger partial charge in [0.05, 0.1) is 10.6 Å². The molecule has 0 amide bonds. The number of thiocarbonyl (C=S) groups is 1. The van der Waals surface area contributed by atoms with Gasteiger partial charge < -0.3 is 15.5 Å². The van der Waals surface area contributed by atoms with Crippen molar-refractivity contribution in [2.75, 3.05) is 37.6 Å². The van der Waals surface area contributed by atoms with Gasteiger partial charge in [0, 0.05) is 26.2 Å². The van der Waals surface area contributed by atoms with Gasteiger partial charge in [-0.25, -0.2) is 4.98 Å². The Kier molecular flexibility index (Phi) is 5.13. The van der Waals surface area contributed by atoms with Gasteiger partial charge in [-0.3, -0.25) is 0 Å². The van der Waals surface area contributed by atoms with E-state index < -0.39 is 0 Å². The van der Waals surface area contributed by atoms with Crippen LogP contribution in [0.1, 0.15) is 30.8 Å². The molecule has 0 bridgehead atoms. The number of rotatable bonds is 5. The van der Waals surface area contributed by atoms with Crippen molar-refractivity contribution in [3.63, 3.8) is 0 Å². The van der Waals surface area contributed by atoms with Gasteiger partial charge in [0.2, 0.25) is 0 Å². The Morgan fingerprint density at radius 2 is 2.00 bits per heavy atom. The van der Waals surface area contributed by atoms with Crippen molar-refractivity contribution >= 4 is 33.7 Å². The standard InChI is InChI=1S/C13H22N4S2/c1-3-5-10-11(12(14)18)19-13(15-10)17-8-6-16(4-2)7-9-17/h3-9H2,1-2H3,(H2,14,18). The highest BCUT2D eigenvalue weighted by atomic mass is 32.1. The monoisotopic (exact) mass is 298 g/mol. The van der Waals surface area contributed by atoms with E-state index in [1.165, 1.54) is 0 Å². The molecule has 19 heavy (non-hydrogen) atoms. The molecule has 0 unspecified atom stereocenters. The van der Waals surface area contributed by atoms with E-state index in [1.807, 2.05) is 0 Å². The zero-order valence-corrected chi connectivity index (χ0v) is 13.3. The molecule has 1 fully saturated rings. The van der Waals surface area contributed by atoms with Crippen LogP contribution < -0.4 is 10.6 Å². The number of likely N-dealkylation sites (N-methyl/N-ethyl adjacent to an activating group) is 1. The van der Waals surface area contributed by atoms with E-state index in [9.17, 15) is 0 Å². The minimum Gasteiger partial charge on any atom is -0.389 e. The van der Waals surface area contributed by atoms with Gasteiger partial charge in [-0.1, -0.05) is 43.8 Å². The van der Waals surface area contributed by atoms with Crippen LogP contribution in [0.4, 0.5) is 5.13 Å². The largest absolute Gasteiger partial charge is 0.389 e. The van der Waals surface area contributed by atoms with Crippen molar-refractivity contribution in [2.24, 2.45) is 5.73 Å². The number of anilines is 1. The SMILES string of the molecule is CCCc1nc(N2CCN(CC)CC2)sc1C(N)=S. The average molecular weight is 298 g/mol. The normalized spacial score (nSPS) is 16.8. The van der Waals surface area contributed by atoms with Gasteiger partial charge in [0.15, 0.2) is 5.13 Å². The molecule has 4 nitrogen and oxygen atoms in total. The average Bonchev–Trinajstić information content (AvgIpc) is 2.83. The zero-order chi connectivity index (χ0) is 13.8. The van der Waals surface area contributed by atoms with Gasteiger partial charge in [-0.2, -0.15) is 0 Å². The van der Waals surface area contributed by atoms with Gasteiger partial charge in [-0.05, 0) is 13.0 Å². The van der Waals surface area contributed by atoms with E-state index >= 15 is 0 Å². The van der Waals surface area contributed by atoms with Crippen LogP contribution in [0.3, 0.4) is 0 Å². The van der Waals surface area contributed by atoms with Crippen LogP contribution in [0, 0.1) is 0 Å². The first kappa shape index (κ1) is 14.7. The lowest BCUT2D eigenvalue weighted by molar-refractivity contribution is 0.271. The van der Waals surface area contributed by atoms with Gasteiger partial charge >= 0.3 is 0 Å². The van der Waals surface area contributed by atoms with E-state index in [2.05, 4.69) is 23.6 Å². The molecule has 0 spiro atoms. The minimum absolute atomic E-state index is 0.486. The number of nitrogens with two attached hydrogens (primary N) is 1. The predicted molar refractivity (Wildman–Crippen MR) is 86.3 cm³/mol. The first-order valence-corrected chi connectivity index (χ1v) is 8.15. The summed E-state index contributed by atoms with van der Waals surface area (Å²) in [6, 6.07) is 0. The fraction of sp³-hybridized carbons (Fsp3) is 0.692. The van der Waals surface area contributed by atoms with E-state index in [0.717, 1.165) is 61.3 Å². The predicted octanol–water partition coefficient (Wildman–Crippen LogP) is 1.87. The van der Waals surface area contributed by atoms with Crippen molar-refractivity contribution in [3.05, 3.63) is 10.6 Å². The molecule has 0 atom stereocenters. The zero-order valence-electron chi connectivity index (χ0n) is 11.7. The van der Waals surface area contributed by atoms with Crippen LogP contribution in [-0.2, 0) is 6.42 Å². The van der Waals surface area contributed by atoms with Crippen LogP contribution in [0.5, 0.6) is 0 Å². The summed E-state index contributed by atoms with van der Waals surface area (Å²) in [6.45, 7) is 9.81. The lowest BCUT2D eigenvalue weighted by Gasteiger charge is -2.33. The summed E-state index contributed by atoms with van der Waals surface area (Å²) >= 11 is 6.79. The topological polar surface area (TPSA) is 45.4 Å². The third kappa shape index (κ3) is 3.43. The number of hydrogen-bond acceptors (Lipinski definition) is 5. The minimum atomic E-state index is 0.486. The van der Waals surface area contributed by atoms with Crippen LogP contribution in [0.15, 0.2) is 0 Å². The maximum absolute atomic E-state index is 5.81. The van der Waals surface area contributed by atoms with Crippen molar-refractivity contribution < 1.29 is 0 Å². The molecule has 0 aliphatic carbocycles. The van der Waals surface area contributed by atoms with Crippen LogP contribution in [0.2, 0.25) is 0 Å². The second kappa shape index (κ2) is 6.63. The Morgan fingerprint density at radius 3 is 2.53 bits per heavy atom. The van der Waals surface area contributed by atoms with E-state index in [0.29, 0.717) is 4.99 Å². The van der Waals surface area contributed by atoms with Gasteiger partial charge in [0.1, 0.15) is 4.99 Å². The van der Waals surface area contributed by atoms with Crippen molar-refractivity contribution in [1.82, 2.24) is 9.88 Å². The second-order valence-electron chi connectivity index (χ2n) is 4.81. The molecule has 2 N–H and O–H groups in total. The fourth-order valence-electron chi connectivity index (χ4n) is 2.33. The number of hydrogen-bond donors (Lipinski definition) is 1. The molecule has 1 aromatic rings. The third-order valence-electron chi connectivity index (χ3n) is 3.49. The van der Waals surface area contributed by atoms with Gasteiger partial charge in [-0.15, -0.1) is 0 Å². The molecule has 0 saturated carbocycles. The van der Waals surface area contributed by atoms with Crippen molar-refractivity contribution in [2.45, 2.75) is 26.7 Å². The molecule has 0 radical (unpaired) electrons. The van der Waals surface area contributed by atoms with Crippen LogP contribution >= 0.6 is 23.6 Å². The Balaban J connectivity index is 2.12. The quantitative estimate of drug-likeness (QED) is 0.841. The Labute approximate surface area is 124 Å². The molecule has 1 aliphatic heterocycles. The maximum atomic E-state index is 5.81. The Hall–Kier alpha value is -0.720. The Morgan fingerprint density at radius 1 is 1.32 bits per heavy atom. The number of thiazole rings is 1. The molecule has 0 aromatic carbocycles. The van der Waals surface area contributed by atoms with Crippen molar-refractivity contribution in [3.8, 4) is 0 Å². The Bertz CT molecular complexity index is 436. The third-order valence-corrected chi connectivity index (χ3v) is 5.01. The first-order valence-electron chi connectivity index (χ1n) is 6.92. The summed E-state index contributed by atoms with van der Waals surface area (Å²) in [4.78, 5) is 11.1. The molecule has 1 saturated heterocycles. The second-order valence-corrected chi connectivity index (χ2v) is 6.23. The summed E-state index contributed by atoms with van der Waals surface area (Å²) in [5, 5.41) is 1.09. The summed E-state index contributed by atoms with van der Waals surface area (Å²) in [7, 11) is 0. The highest BCUT2D eigenvalue weighted by molar-refractivity contribution is 7.81. The molecule has 1 aliphatic rings. The molecule has 1 aromatic heterocycles. The van der Waals surface area contributed by atoms with Crippen LogP contribution in [-0.4, -0.2) is 47.6 Å². The number of aryl methyl sites for hydroxylation is 1. The van der Waals surface area contributed by atoms with Crippen LogP contribution in [0.25, 0.3) is 0 Å². The number of nitrogens with zero attached hydrogens (tertiary/aromatic N) is 3. The summed E-state index contributed by atoms with van der Waals surface area (Å²) < 4.78 is 0. The molecular formula is C13H22N4S2. The highest BCUT2D eigenvalue weighted by Crippen LogP contribution is 2.28. The molecule has 106 valence electrons. The maximum Gasteiger partial charge on any atom is 0.186 e. The van der Waals surface area contributed by atoms with E-state index in [1.54, 1.807) is 11.3 Å². The highest BCUT2D eigenvalue weighted by Gasteiger charge is 2.21. The van der Waals surface area contributed by atoms with E-state index in [4.69, 9.17) is 22.9 Å².